The van der Waals surface area contributed by atoms with Crippen LogP contribution < -0.4 is 9.47 Å². The number of aliphatic hydroxyl groups is 1. The fourth-order valence-electron chi connectivity index (χ4n) is 3.55. The number of likely N-dealkylation sites (tertiary alicyclic amines) is 1. The highest BCUT2D eigenvalue weighted by molar-refractivity contribution is 7.09. The van der Waals surface area contributed by atoms with Crippen LogP contribution in [0.15, 0.2) is 58.0 Å². The quantitative estimate of drug-likeness (QED) is 0.328. The Hall–Kier alpha value is -3.23. The van der Waals surface area contributed by atoms with Gasteiger partial charge in [0.1, 0.15) is 29.1 Å². The first-order chi connectivity index (χ1) is 15.0. The molecule has 0 bridgehead atoms. The summed E-state index contributed by atoms with van der Waals surface area (Å²) in [7, 11) is 2.87. The third-order valence-corrected chi connectivity index (χ3v) is 6.14. The Morgan fingerprint density at radius 3 is 2.58 bits per heavy atom. The lowest BCUT2D eigenvalue weighted by Crippen LogP contribution is -2.28. The number of Topliss-reactive ketones (excluding diaryl/α,β-unsaturated/α-hetero) is 1. The average Bonchev–Trinajstić information content (AvgIpc) is 3.52. The molecule has 2 aromatic heterocycles. The number of aliphatic hydroxyl groups excluding tert-OH is 1. The van der Waals surface area contributed by atoms with E-state index in [9.17, 15) is 14.7 Å². The number of hydrogen-bond acceptors (Lipinski definition) is 7. The summed E-state index contributed by atoms with van der Waals surface area (Å²) in [6, 6.07) is 9.08. The normalized spacial score (nSPS) is 17.9. The van der Waals surface area contributed by atoms with E-state index in [4.69, 9.17) is 25.5 Å². The van der Waals surface area contributed by atoms with Crippen LogP contribution in [-0.2, 0) is 16.1 Å². The standard InChI is InChI=1S/C22H18ClNO6S/c1-28-16-10-17(29-2)14(23)9-13(16)20(25)18-19(15-6-3-7-30-15)24(22(27)21(18)26)11-12-5-4-8-31-12/h3-10,19,25H,11H2,1-2H3/b20-18-. The predicted molar refractivity (Wildman–Crippen MR) is 115 cm³/mol. The van der Waals surface area contributed by atoms with Gasteiger partial charge >= 0.3 is 0 Å². The first kappa shape index (κ1) is 21.0. The van der Waals surface area contributed by atoms with E-state index in [1.807, 2.05) is 17.5 Å². The Bertz CT molecular complexity index is 1150. The van der Waals surface area contributed by atoms with E-state index in [0.717, 1.165) is 4.88 Å². The molecule has 1 unspecified atom stereocenters. The second-order valence-corrected chi connectivity index (χ2v) is 8.15. The molecule has 0 radical (unpaired) electrons. The highest BCUT2D eigenvalue weighted by Gasteiger charge is 2.47. The zero-order valence-corrected chi connectivity index (χ0v) is 18.2. The predicted octanol–water partition coefficient (Wildman–Crippen LogP) is 4.63. The number of ether oxygens (including phenoxy) is 2. The number of carbonyl (C=O) groups is 2. The molecule has 1 aliphatic heterocycles. The molecule has 160 valence electrons. The van der Waals surface area contributed by atoms with Crippen molar-refractivity contribution in [3.8, 4) is 11.5 Å². The summed E-state index contributed by atoms with van der Waals surface area (Å²) >= 11 is 7.70. The van der Waals surface area contributed by atoms with E-state index in [0.29, 0.717) is 11.5 Å². The molecule has 9 heteroatoms. The Kier molecular flexibility index (Phi) is 5.75. The van der Waals surface area contributed by atoms with Gasteiger partial charge in [-0.05, 0) is 29.6 Å². The number of hydrogen-bond donors (Lipinski definition) is 1. The molecule has 1 saturated heterocycles. The van der Waals surface area contributed by atoms with Crippen molar-refractivity contribution in [2.24, 2.45) is 0 Å². The van der Waals surface area contributed by atoms with Crippen LogP contribution in [0.3, 0.4) is 0 Å². The van der Waals surface area contributed by atoms with Crippen molar-refractivity contribution in [3.63, 3.8) is 0 Å². The number of methoxy groups -OCH3 is 2. The lowest BCUT2D eigenvalue weighted by atomic mass is 9.98. The number of ketones is 1. The van der Waals surface area contributed by atoms with E-state index in [2.05, 4.69) is 0 Å². The molecule has 31 heavy (non-hydrogen) atoms. The molecular weight excluding hydrogens is 442 g/mol. The van der Waals surface area contributed by atoms with Crippen LogP contribution in [-0.4, -0.2) is 35.9 Å². The van der Waals surface area contributed by atoms with Crippen LogP contribution in [0, 0.1) is 0 Å². The van der Waals surface area contributed by atoms with Gasteiger partial charge in [0, 0.05) is 10.9 Å². The first-order valence-electron chi connectivity index (χ1n) is 9.22. The molecule has 0 saturated carbocycles. The maximum absolute atomic E-state index is 13.0. The van der Waals surface area contributed by atoms with Gasteiger partial charge in [0.15, 0.2) is 0 Å². The number of carbonyl (C=O) groups excluding carboxylic acids is 2. The van der Waals surface area contributed by atoms with Gasteiger partial charge in [-0.15, -0.1) is 11.3 Å². The minimum atomic E-state index is -0.900. The Labute approximate surface area is 187 Å². The second kappa shape index (κ2) is 8.49. The van der Waals surface area contributed by atoms with Gasteiger partial charge in [-0.1, -0.05) is 17.7 Å². The van der Waals surface area contributed by atoms with Crippen LogP contribution in [0.2, 0.25) is 5.02 Å². The van der Waals surface area contributed by atoms with Crippen molar-refractivity contribution in [3.05, 3.63) is 74.8 Å². The minimum Gasteiger partial charge on any atom is -0.507 e. The van der Waals surface area contributed by atoms with Crippen molar-refractivity contribution in [1.82, 2.24) is 4.90 Å². The number of rotatable bonds is 6. The molecular formula is C22H18ClNO6S. The maximum atomic E-state index is 13.0. The van der Waals surface area contributed by atoms with Crippen LogP contribution in [0.5, 0.6) is 11.5 Å². The van der Waals surface area contributed by atoms with Crippen molar-refractivity contribution in [2.45, 2.75) is 12.6 Å². The van der Waals surface area contributed by atoms with Crippen LogP contribution in [0.4, 0.5) is 0 Å². The monoisotopic (exact) mass is 459 g/mol. The number of nitrogens with zero attached hydrogens (tertiary/aromatic N) is 1. The van der Waals surface area contributed by atoms with Crippen molar-refractivity contribution in [1.29, 1.82) is 0 Å². The first-order valence-corrected chi connectivity index (χ1v) is 10.5. The molecule has 7 nitrogen and oxygen atoms in total. The van der Waals surface area contributed by atoms with Gasteiger partial charge in [0.05, 0.1) is 43.2 Å². The topological polar surface area (TPSA) is 89.2 Å². The SMILES string of the molecule is COc1cc(OC)c(/C(O)=C2/C(=O)C(=O)N(Cc3cccs3)C2c2ccco2)cc1Cl. The minimum absolute atomic E-state index is 0.101. The zero-order valence-electron chi connectivity index (χ0n) is 16.6. The fraction of sp³-hybridized carbons (Fsp3) is 0.182. The summed E-state index contributed by atoms with van der Waals surface area (Å²) < 4.78 is 16.1. The third kappa shape index (κ3) is 3.68. The number of amides is 1. The average molecular weight is 460 g/mol. The second-order valence-electron chi connectivity index (χ2n) is 6.71. The lowest BCUT2D eigenvalue weighted by molar-refractivity contribution is -0.140. The molecule has 3 aromatic rings. The lowest BCUT2D eigenvalue weighted by Gasteiger charge is -2.23. The van der Waals surface area contributed by atoms with Crippen molar-refractivity contribution < 1.29 is 28.6 Å². The fourth-order valence-corrected chi connectivity index (χ4v) is 4.49. The van der Waals surface area contributed by atoms with Gasteiger partial charge in [-0.2, -0.15) is 0 Å². The van der Waals surface area contributed by atoms with E-state index >= 15 is 0 Å². The van der Waals surface area contributed by atoms with E-state index < -0.39 is 23.5 Å². The van der Waals surface area contributed by atoms with Crippen LogP contribution >= 0.6 is 22.9 Å². The molecule has 1 aromatic carbocycles. The summed E-state index contributed by atoms with van der Waals surface area (Å²) in [6.07, 6.45) is 1.45. The van der Waals surface area contributed by atoms with Gasteiger partial charge in [0.2, 0.25) is 0 Å². The van der Waals surface area contributed by atoms with Crippen molar-refractivity contribution in [2.75, 3.05) is 14.2 Å². The van der Waals surface area contributed by atoms with Crippen LogP contribution in [0.25, 0.3) is 5.76 Å². The maximum Gasteiger partial charge on any atom is 0.296 e. The molecule has 1 atom stereocenters. The Balaban J connectivity index is 1.89. The number of benzene rings is 1. The smallest absolute Gasteiger partial charge is 0.296 e. The summed E-state index contributed by atoms with van der Waals surface area (Å²) in [4.78, 5) is 28.2. The molecule has 1 aliphatic rings. The zero-order chi connectivity index (χ0) is 22.1. The largest absolute Gasteiger partial charge is 0.507 e. The van der Waals surface area contributed by atoms with E-state index in [1.54, 1.807) is 12.1 Å². The third-order valence-electron chi connectivity index (χ3n) is 4.99. The van der Waals surface area contributed by atoms with E-state index in [-0.39, 0.29) is 28.5 Å². The summed E-state index contributed by atoms with van der Waals surface area (Å²) in [5.74, 6) is -1.01. The molecule has 1 amide bonds. The molecule has 0 aliphatic carbocycles. The summed E-state index contributed by atoms with van der Waals surface area (Å²) in [5.41, 5.74) is 0.0648. The molecule has 0 spiro atoms. The highest BCUT2D eigenvalue weighted by Crippen LogP contribution is 2.43. The van der Waals surface area contributed by atoms with Crippen LogP contribution in [0.1, 0.15) is 22.2 Å². The Morgan fingerprint density at radius 2 is 1.97 bits per heavy atom. The van der Waals surface area contributed by atoms with Gasteiger partial charge in [-0.25, -0.2) is 0 Å². The van der Waals surface area contributed by atoms with E-state index in [1.165, 1.54) is 48.9 Å². The molecule has 1 N–H and O–H groups in total. The van der Waals surface area contributed by atoms with Gasteiger partial charge in [0.25, 0.3) is 11.7 Å². The summed E-state index contributed by atoms with van der Waals surface area (Å²) in [5, 5.41) is 13.3. The number of thiophene rings is 1. The number of furan rings is 1. The van der Waals surface area contributed by atoms with Gasteiger partial charge < -0.3 is 23.9 Å². The molecule has 1 fully saturated rings. The summed E-state index contributed by atoms with van der Waals surface area (Å²) in [6.45, 7) is 0.199. The Morgan fingerprint density at radius 1 is 1.19 bits per heavy atom. The number of halogens is 1. The van der Waals surface area contributed by atoms with Gasteiger partial charge in [-0.3, -0.25) is 9.59 Å². The molecule has 4 rings (SSSR count). The molecule has 3 heterocycles. The van der Waals surface area contributed by atoms with Crippen molar-refractivity contribution >= 4 is 40.4 Å². The highest BCUT2D eigenvalue weighted by atomic mass is 35.5.